The lowest BCUT2D eigenvalue weighted by atomic mass is 10.1. The molecule has 0 aliphatic rings. The molecule has 0 unspecified atom stereocenters. The molecular weight excluding hydrogens is 540 g/mol. The normalized spacial score (nSPS) is 11.1. The van der Waals surface area contributed by atoms with Crippen molar-refractivity contribution in [1.29, 1.82) is 5.26 Å². The van der Waals surface area contributed by atoms with Crippen molar-refractivity contribution >= 4 is 46.0 Å². The molecule has 0 saturated heterocycles. The van der Waals surface area contributed by atoms with Gasteiger partial charge in [-0.1, -0.05) is 54.6 Å². The summed E-state index contributed by atoms with van der Waals surface area (Å²) in [4.78, 5) is 21.3. The minimum Gasteiger partial charge on any atom is -0.490 e. The number of fused-ring (bicyclic) bond motifs is 1. The van der Waals surface area contributed by atoms with Gasteiger partial charge in [0.25, 0.3) is 0 Å². The third-order valence-corrected chi connectivity index (χ3v) is 6.22. The van der Waals surface area contributed by atoms with Crippen LogP contribution in [0.5, 0.6) is 17.5 Å². The highest BCUT2D eigenvalue weighted by Crippen LogP contribution is 2.33. The minimum absolute atomic E-state index is 0.0658. The maximum atomic E-state index is 9.88. The molecule has 0 radical (unpaired) electrons. The minimum atomic E-state index is 0.0658. The van der Waals surface area contributed by atoms with E-state index in [0.717, 1.165) is 28.0 Å². The highest BCUT2D eigenvalue weighted by Gasteiger charge is 2.14. The zero-order valence-corrected chi connectivity index (χ0v) is 23.2. The van der Waals surface area contributed by atoms with Gasteiger partial charge in [0.15, 0.2) is 11.5 Å². The van der Waals surface area contributed by atoms with Gasteiger partial charge in [-0.2, -0.15) is 20.2 Å². The number of aromatic nitrogens is 5. The summed E-state index contributed by atoms with van der Waals surface area (Å²) in [5, 5.41) is 16.3. The Morgan fingerprint density at radius 1 is 0.791 bits per heavy atom. The van der Waals surface area contributed by atoms with Gasteiger partial charge >= 0.3 is 6.01 Å². The van der Waals surface area contributed by atoms with Gasteiger partial charge in [0.05, 0.1) is 23.2 Å². The van der Waals surface area contributed by atoms with E-state index < -0.39 is 0 Å². The smallest absolute Gasteiger partial charge is 0.328 e. The van der Waals surface area contributed by atoms with Crippen LogP contribution in [0.15, 0.2) is 103 Å². The van der Waals surface area contributed by atoms with E-state index in [4.69, 9.17) is 9.47 Å². The Bertz CT molecular complexity index is 1840. The number of ether oxygens (including phenoxy) is 2. The lowest BCUT2D eigenvalue weighted by Gasteiger charge is -2.13. The summed E-state index contributed by atoms with van der Waals surface area (Å²) in [5.74, 6) is 1.97. The van der Waals surface area contributed by atoms with Crippen molar-refractivity contribution in [2.75, 3.05) is 17.2 Å². The molecule has 10 nitrogen and oxygen atoms in total. The lowest BCUT2D eigenvalue weighted by molar-refractivity contribution is 0.317. The van der Waals surface area contributed by atoms with Crippen LogP contribution in [0.1, 0.15) is 18.3 Å². The number of para-hydroxylation sites is 4. The summed E-state index contributed by atoms with van der Waals surface area (Å²) >= 11 is 0. The lowest BCUT2D eigenvalue weighted by Crippen LogP contribution is -2.06. The van der Waals surface area contributed by atoms with Gasteiger partial charge in [-0.25, -0.2) is 4.98 Å². The third kappa shape index (κ3) is 6.58. The van der Waals surface area contributed by atoms with Crippen LogP contribution in [0, 0.1) is 11.3 Å². The highest BCUT2D eigenvalue weighted by atomic mass is 16.5. The van der Waals surface area contributed by atoms with Crippen LogP contribution in [0.3, 0.4) is 0 Å². The number of H-pyrrole nitrogens is 1. The van der Waals surface area contributed by atoms with E-state index in [1.165, 1.54) is 0 Å². The number of benzene rings is 4. The van der Waals surface area contributed by atoms with Crippen LogP contribution >= 0.6 is 0 Å². The Hall–Kier alpha value is -6.21. The number of aromatic amines is 1. The first kappa shape index (κ1) is 27.0. The highest BCUT2D eigenvalue weighted by molar-refractivity contribution is 5.90. The molecule has 2 aromatic heterocycles. The zero-order valence-electron chi connectivity index (χ0n) is 23.2. The number of allylic oxidation sites excluding steroid dienone is 1. The van der Waals surface area contributed by atoms with E-state index in [9.17, 15) is 5.26 Å². The number of imidazole rings is 1. The van der Waals surface area contributed by atoms with Crippen LogP contribution in [-0.4, -0.2) is 31.5 Å². The van der Waals surface area contributed by atoms with Gasteiger partial charge in [-0.05, 0) is 67.1 Å². The Balaban J connectivity index is 1.31. The largest absolute Gasteiger partial charge is 0.490 e. The van der Waals surface area contributed by atoms with Crippen molar-refractivity contribution in [3.63, 3.8) is 0 Å². The predicted octanol–water partition coefficient (Wildman–Crippen LogP) is 7.49. The first-order valence-electron chi connectivity index (χ1n) is 13.6. The number of hydrogen-bond acceptors (Lipinski definition) is 9. The molecular formula is C33H26N8O2. The van der Waals surface area contributed by atoms with E-state index in [-0.39, 0.29) is 6.01 Å². The molecule has 0 fully saturated rings. The van der Waals surface area contributed by atoms with Crippen molar-refractivity contribution in [2.45, 2.75) is 6.92 Å². The summed E-state index contributed by atoms with van der Waals surface area (Å²) in [7, 11) is 0. The molecule has 43 heavy (non-hydrogen) atoms. The Kier molecular flexibility index (Phi) is 7.87. The van der Waals surface area contributed by atoms with Gasteiger partial charge < -0.3 is 25.1 Å². The van der Waals surface area contributed by atoms with E-state index >= 15 is 0 Å². The molecule has 0 aliphatic carbocycles. The first-order valence-corrected chi connectivity index (χ1v) is 13.6. The fraction of sp³-hybridized carbons (Fsp3) is 0.0606. The SMILES string of the molecule is CCOc1cc(/C=C(\C#N)c2nc3ccccc3[nH]2)ccc1Oc1nc(Nc2ccccc2)nc(Nc2ccccc2)n1. The topological polar surface area (TPSA) is 134 Å². The number of nitriles is 1. The second-order valence-corrected chi connectivity index (χ2v) is 9.26. The second kappa shape index (κ2) is 12.5. The molecule has 0 amide bonds. The first-order chi connectivity index (χ1) is 21.2. The fourth-order valence-corrected chi connectivity index (χ4v) is 4.28. The molecule has 0 saturated carbocycles. The van der Waals surface area contributed by atoms with Crippen LogP contribution in [0.4, 0.5) is 23.3 Å². The van der Waals surface area contributed by atoms with Crippen molar-refractivity contribution in [3.8, 4) is 23.6 Å². The molecule has 6 aromatic rings. The molecule has 6 rings (SSSR count). The van der Waals surface area contributed by atoms with Gasteiger partial charge in [0.1, 0.15) is 11.9 Å². The summed E-state index contributed by atoms with van der Waals surface area (Å²) < 4.78 is 12.1. The molecule has 2 heterocycles. The Labute approximate surface area is 247 Å². The van der Waals surface area contributed by atoms with Crippen molar-refractivity contribution in [1.82, 2.24) is 24.9 Å². The van der Waals surface area contributed by atoms with Gasteiger partial charge in [-0.3, -0.25) is 0 Å². The van der Waals surface area contributed by atoms with E-state index in [0.29, 0.717) is 41.4 Å². The number of nitrogens with one attached hydrogen (secondary N) is 3. The third-order valence-electron chi connectivity index (χ3n) is 6.22. The molecule has 0 aliphatic heterocycles. The fourth-order valence-electron chi connectivity index (χ4n) is 4.28. The number of anilines is 4. The summed E-state index contributed by atoms with van der Waals surface area (Å²) in [6.07, 6.45) is 1.75. The summed E-state index contributed by atoms with van der Waals surface area (Å²) in [5.41, 5.74) is 4.40. The van der Waals surface area contributed by atoms with Gasteiger partial charge in [-0.15, -0.1) is 0 Å². The standard InChI is InChI=1S/C33H26N8O2/c1-2-42-29-20-22(19-23(21-34)30-37-26-15-9-10-16-27(26)38-30)17-18-28(29)43-33-40-31(35-24-11-5-3-6-12-24)39-32(41-33)36-25-13-7-4-8-14-25/h3-20H,2H2,1H3,(H,37,38)(H2,35,36,39,40,41)/b23-19+. The van der Waals surface area contributed by atoms with Crippen LogP contribution in [-0.2, 0) is 0 Å². The quantitative estimate of drug-likeness (QED) is 0.144. The monoisotopic (exact) mass is 566 g/mol. The summed E-state index contributed by atoms with van der Waals surface area (Å²) in [6.45, 7) is 2.28. The van der Waals surface area contributed by atoms with Gasteiger partial charge in [0, 0.05) is 11.4 Å². The van der Waals surface area contributed by atoms with Gasteiger partial charge in [0.2, 0.25) is 11.9 Å². The second-order valence-electron chi connectivity index (χ2n) is 9.26. The van der Waals surface area contributed by atoms with Crippen molar-refractivity contribution < 1.29 is 9.47 Å². The molecule has 0 spiro atoms. The molecule has 210 valence electrons. The average molecular weight is 567 g/mol. The molecule has 0 bridgehead atoms. The summed E-state index contributed by atoms with van der Waals surface area (Å²) in [6, 6.07) is 34.5. The zero-order chi connectivity index (χ0) is 29.4. The Morgan fingerprint density at radius 3 is 2.07 bits per heavy atom. The van der Waals surface area contributed by atoms with E-state index in [1.54, 1.807) is 18.2 Å². The van der Waals surface area contributed by atoms with Crippen LogP contribution in [0.25, 0.3) is 22.7 Å². The number of nitrogens with zero attached hydrogens (tertiary/aromatic N) is 5. The van der Waals surface area contributed by atoms with Crippen molar-refractivity contribution in [2.24, 2.45) is 0 Å². The Morgan fingerprint density at radius 2 is 1.44 bits per heavy atom. The molecule has 10 heteroatoms. The number of rotatable bonds is 10. The van der Waals surface area contributed by atoms with E-state index in [1.807, 2.05) is 97.9 Å². The van der Waals surface area contributed by atoms with Crippen LogP contribution in [0.2, 0.25) is 0 Å². The molecule has 4 aromatic carbocycles. The molecule has 3 N–H and O–H groups in total. The van der Waals surface area contributed by atoms with Crippen molar-refractivity contribution in [3.05, 3.63) is 115 Å². The molecule has 0 atom stereocenters. The van der Waals surface area contributed by atoms with E-state index in [2.05, 4.69) is 41.6 Å². The number of hydrogen-bond donors (Lipinski definition) is 3. The maximum absolute atomic E-state index is 9.88. The maximum Gasteiger partial charge on any atom is 0.328 e. The average Bonchev–Trinajstić information content (AvgIpc) is 3.46. The predicted molar refractivity (Wildman–Crippen MR) is 167 cm³/mol. The van der Waals surface area contributed by atoms with Crippen LogP contribution < -0.4 is 20.1 Å².